The van der Waals surface area contributed by atoms with Gasteiger partial charge >= 0.3 is 11.9 Å². The Hall–Kier alpha value is -1.97. The highest BCUT2D eigenvalue weighted by Gasteiger charge is 2.12. The molecule has 0 bridgehead atoms. The van der Waals surface area contributed by atoms with Gasteiger partial charge in [-0.3, -0.25) is 9.59 Å². The molecule has 0 spiro atoms. The molecule has 0 fully saturated rings. The van der Waals surface area contributed by atoms with E-state index in [-0.39, 0.29) is 6.42 Å². The SMILES string of the molecule is NCCC[C@H](N)C(=O)O.N[C@@H](Cc1cnc[nH]1)C(=O)O. The summed E-state index contributed by atoms with van der Waals surface area (Å²) in [4.78, 5) is 26.8. The van der Waals surface area contributed by atoms with Gasteiger partial charge in [0.25, 0.3) is 0 Å². The first-order valence-electron chi connectivity index (χ1n) is 6.02. The Kier molecular flexibility index (Phi) is 8.92. The summed E-state index contributed by atoms with van der Waals surface area (Å²) in [6.07, 6.45) is 4.47. The van der Waals surface area contributed by atoms with Crippen LogP contribution in [0.3, 0.4) is 0 Å². The molecule has 0 radical (unpaired) electrons. The number of nitrogens with one attached hydrogen (secondary N) is 1. The minimum absolute atomic E-state index is 0.287. The van der Waals surface area contributed by atoms with Crippen LogP contribution in [0, 0.1) is 0 Å². The smallest absolute Gasteiger partial charge is 0.320 e. The number of rotatable bonds is 7. The highest BCUT2D eigenvalue weighted by atomic mass is 16.4. The van der Waals surface area contributed by atoms with Crippen LogP contribution in [0.4, 0.5) is 0 Å². The lowest BCUT2D eigenvalue weighted by Crippen LogP contribution is -2.32. The first-order valence-corrected chi connectivity index (χ1v) is 6.02. The minimum Gasteiger partial charge on any atom is -0.480 e. The van der Waals surface area contributed by atoms with Gasteiger partial charge in [0.2, 0.25) is 0 Å². The number of carboxylic acids is 2. The number of aromatic nitrogens is 2. The standard InChI is InChI=1S/C6H9N3O2.C5H12N2O2/c7-5(6(10)11)1-4-2-8-3-9-4;6-3-1-2-4(7)5(8)9/h2-3,5H,1,7H2,(H,8,9)(H,10,11);4H,1-3,6-7H2,(H,8,9)/t5-;4-/m00/s1. The molecule has 0 saturated heterocycles. The van der Waals surface area contributed by atoms with E-state index in [0.717, 1.165) is 5.69 Å². The lowest BCUT2D eigenvalue weighted by Gasteiger charge is -2.02. The summed E-state index contributed by atoms with van der Waals surface area (Å²) in [6.45, 7) is 0.501. The van der Waals surface area contributed by atoms with E-state index in [1.807, 2.05) is 0 Å². The summed E-state index contributed by atoms with van der Waals surface area (Å²) in [5.74, 6) is -1.96. The number of nitrogens with zero attached hydrogens (tertiary/aromatic N) is 1. The molecule has 0 aliphatic rings. The zero-order valence-electron chi connectivity index (χ0n) is 11.0. The lowest BCUT2D eigenvalue weighted by atomic mass is 10.2. The van der Waals surface area contributed by atoms with Crippen LogP contribution >= 0.6 is 0 Å². The van der Waals surface area contributed by atoms with Crippen LogP contribution in [0.2, 0.25) is 0 Å². The monoisotopic (exact) mass is 287 g/mol. The molecule has 0 aliphatic carbocycles. The van der Waals surface area contributed by atoms with Crippen molar-refractivity contribution in [3.05, 3.63) is 18.2 Å². The molecule has 0 unspecified atom stereocenters. The topological polar surface area (TPSA) is 181 Å². The van der Waals surface area contributed by atoms with Gasteiger partial charge in [0.05, 0.1) is 6.33 Å². The van der Waals surface area contributed by atoms with Crippen molar-refractivity contribution in [2.75, 3.05) is 6.54 Å². The van der Waals surface area contributed by atoms with E-state index in [0.29, 0.717) is 19.4 Å². The second-order valence-electron chi connectivity index (χ2n) is 4.10. The van der Waals surface area contributed by atoms with E-state index in [1.165, 1.54) is 6.33 Å². The van der Waals surface area contributed by atoms with Crippen molar-refractivity contribution in [3.8, 4) is 0 Å². The van der Waals surface area contributed by atoms with Crippen LogP contribution in [0.5, 0.6) is 0 Å². The van der Waals surface area contributed by atoms with E-state index in [9.17, 15) is 9.59 Å². The van der Waals surface area contributed by atoms with Crippen molar-refractivity contribution in [1.29, 1.82) is 0 Å². The van der Waals surface area contributed by atoms with Gasteiger partial charge < -0.3 is 32.4 Å². The fourth-order valence-electron chi connectivity index (χ4n) is 1.18. The van der Waals surface area contributed by atoms with Gasteiger partial charge in [-0.2, -0.15) is 0 Å². The maximum Gasteiger partial charge on any atom is 0.320 e. The highest BCUT2D eigenvalue weighted by Crippen LogP contribution is 1.95. The maximum atomic E-state index is 10.3. The molecule has 2 atom stereocenters. The molecule has 0 aliphatic heterocycles. The first-order chi connectivity index (χ1) is 9.38. The minimum atomic E-state index is -1.00. The summed E-state index contributed by atoms with van der Waals surface area (Å²) in [7, 11) is 0. The van der Waals surface area contributed by atoms with Crippen LogP contribution in [0.15, 0.2) is 12.5 Å². The van der Waals surface area contributed by atoms with Gasteiger partial charge in [0, 0.05) is 18.3 Å². The molecule has 114 valence electrons. The Morgan fingerprint density at radius 1 is 1.25 bits per heavy atom. The van der Waals surface area contributed by atoms with E-state index >= 15 is 0 Å². The molecule has 0 amide bonds. The van der Waals surface area contributed by atoms with Crippen molar-refractivity contribution in [1.82, 2.24) is 9.97 Å². The van der Waals surface area contributed by atoms with E-state index in [2.05, 4.69) is 9.97 Å². The average molecular weight is 287 g/mol. The first kappa shape index (κ1) is 18.0. The molecule has 0 aromatic carbocycles. The van der Waals surface area contributed by atoms with E-state index < -0.39 is 24.0 Å². The third-order valence-corrected chi connectivity index (χ3v) is 2.35. The molecule has 9 N–H and O–H groups in total. The number of nitrogens with two attached hydrogens (primary N) is 3. The Morgan fingerprint density at radius 3 is 2.25 bits per heavy atom. The van der Waals surface area contributed by atoms with E-state index in [4.69, 9.17) is 27.4 Å². The van der Waals surface area contributed by atoms with Crippen molar-refractivity contribution in [3.63, 3.8) is 0 Å². The summed E-state index contributed by atoms with van der Waals surface area (Å²) in [6, 6.07) is -1.59. The van der Waals surface area contributed by atoms with E-state index in [1.54, 1.807) is 6.20 Å². The zero-order chi connectivity index (χ0) is 15.5. The Morgan fingerprint density at radius 2 is 1.85 bits per heavy atom. The Bertz CT molecular complexity index is 396. The van der Waals surface area contributed by atoms with Crippen molar-refractivity contribution in [2.24, 2.45) is 17.2 Å². The summed E-state index contributed by atoms with van der Waals surface area (Å²) < 4.78 is 0. The molecule has 1 aromatic rings. The molecule has 20 heavy (non-hydrogen) atoms. The van der Waals surface area contributed by atoms with Gasteiger partial charge in [-0.05, 0) is 19.4 Å². The fraction of sp³-hybridized carbons (Fsp3) is 0.545. The van der Waals surface area contributed by atoms with Gasteiger partial charge in [0.15, 0.2) is 0 Å². The summed E-state index contributed by atoms with van der Waals surface area (Å²) in [5.41, 5.74) is 16.3. The maximum absolute atomic E-state index is 10.3. The third-order valence-electron chi connectivity index (χ3n) is 2.35. The number of carboxylic acid groups (broad SMARTS) is 2. The molecule has 1 rings (SSSR count). The Labute approximate surface area is 116 Å². The normalized spacial score (nSPS) is 12.9. The van der Waals surface area contributed by atoms with Crippen molar-refractivity contribution < 1.29 is 19.8 Å². The second kappa shape index (κ2) is 9.89. The number of H-pyrrole nitrogens is 1. The van der Waals surface area contributed by atoms with Gasteiger partial charge in [0.1, 0.15) is 12.1 Å². The van der Waals surface area contributed by atoms with Crippen LogP contribution in [0.1, 0.15) is 18.5 Å². The number of aliphatic carboxylic acids is 2. The van der Waals surface area contributed by atoms with Crippen molar-refractivity contribution >= 4 is 11.9 Å². The van der Waals surface area contributed by atoms with Crippen LogP contribution < -0.4 is 17.2 Å². The molecule has 1 aromatic heterocycles. The quantitative estimate of drug-likeness (QED) is 0.350. The number of hydrogen-bond donors (Lipinski definition) is 6. The predicted octanol–water partition coefficient (Wildman–Crippen LogP) is -1.50. The molecule has 9 heteroatoms. The third kappa shape index (κ3) is 8.19. The predicted molar refractivity (Wildman–Crippen MR) is 71.8 cm³/mol. The number of hydrogen-bond acceptors (Lipinski definition) is 6. The molecule has 9 nitrogen and oxygen atoms in total. The highest BCUT2D eigenvalue weighted by molar-refractivity contribution is 5.73. The van der Waals surface area contributed by atoms with Gasteiger partial charge in [-0.1, -0.05) is 0 Å². The lowest BCUT2D eigenvalue weighted by molar-refractivity contribution is -0.139. The van der Waals surface area contributed by atoms with Crippen LogP contribution in [0.25, 0.3) is 0 Å². The fourth-order valence-corrected chi connectivity index (χ4v) is 1.18. The van der Waals surface area contributed by atoms with Crippen LogP contribution in [-0.2, 0) is 16.0 Å². The second-order valence-corrected chi connectivity index (χ2v) is 4.10. The zero-order valence-corrected chi connectivity index (χ0v) is 11.0. The van der Waals surface area contributed by atoms with Crippen LogP contribution in [-0.4, -0.2) is 50.7 Å². The van der Waals surface area contributed by atoms with Gasteiger partial charge in [-0.25, -0.2) is 4.98 Å². The number of carbonyl (C=O) groups is 2. The number of aromatic amines is 1. The van der Waals surface area contributed by atoms with Crippen molar-refractivity contribution in [2.45, 2.75) is 31.3 Å². The molecular formula is C11H21N5O4. The Balaban J connectivity index is 0.000000370. The molecule has 1 heterocycles. The van der Waals surface area contributed by atoms with Gasteiger partial charge in [-0.15, -0.1) is 0 Å². The molecular weight excluding hydrogens is 266 g/mol. The summed E-state index contributed by atoms with van der Waals surface area (Å²) in [5, 5.41) is 16.7. The average Bonchev–Trinajstić information content (AvgIpc) is 2.89. The molecule has 0 saturated carbocycles. The largest absolute Gasteiger partial charge is 0.480 e. The number of imidazole rings is 1. The summed E-state index contributed by atoms with van der Waals surface area (Å²) >= 11 is 0.